The molecule has 0 unspecified atom stereocenters. The summed E-state index contributed by atoms with van der Waals surface area (Å²) in [5.74, 6) is 1.10. The molecule has 2 aromatic carbocycles. The van der Waals surface area contributed by atoms with Crippen LogP contribution in [0.1, 0.15) is 30.7 Å². The second kappa shape index (κ2) is 8.24. The van der Waals surface area contributed by atoms with Gasteiger partial charge in [0.2, 0.25) is 0 Å². The molecular weight excluding hydrogens is 424 g/mol. The van der Waals surface area contributed by atoms with Crippen LogP contribution in [0.25, 0.3) is 27.5 Å². The van der Waals surface area contributed by atoms with Gasteiger partial charge in [-0.1, -0.05) is 18.2 Å². The number of aromatic amines is 1. The summed E-state index contributed by atoms with van der Waals surface area (Å²) in [6.07, 6.45) is 6.75. The molecule has 0 spiro atoms. The van der Waals surface area contributed by atoms with E-state index in [1.165, 1.54) is 41.4 Å². The largest absolute Gasteiger partial charge is 0.510 e. The molecule has 0 amide bonds. The number of piperidine rings is 1. The third-order valence-electron chi connectivity index (χ3n) is 7.24. The number of H-pyrrole nitrogens is 1. The van der Waals surface area contributed by atoms with Gasteiger partial charge < -0.3 is 24.5 Å². The van der Waals surface area contributed by atoms with E-state index in [4.69, 9.17) is 10.4 Å². The Balaban J connectivity index is 1.21. The molecule has 7 nitrogen and oxygen atoms in total. The number of fused-ring (bicyclic) bond motifs is 2. The van der Waals surface area contributed by atoms with Crippen molar-refractivity contribution in [2.75, 3.05) is 31.1 Å². The number of imidazole rings is 1. The first kappa shape index (κ1) is 20.8. The first-order valence-electron chi connectivity index (χ1n) is 12.1. The molecule has 1 fully saturated rings. The van der Waals surface area contributed by atoms with Crippen LogP contribution in [0, 0.1) is 5.41 Å². The van der Waals surface area contributed by atoms with Crippen LogP contribution in [-0.4, -0.2) is 56.6 Å². The highest BCUT2D eigenvalue weighted by atomic mass is 16.3. The summed E-state index contributed by atoms with van der Waals surface area (Å²) in [4.78, 5) is 12.4. The smallest absolute Gasteiger partial charge is 0.145 e. The van der Waals surface area contributed by atoms with Crippen LogP contribution < -0.4 is 4.90 Å². The minimum absolute atomic E-state index is 0.207. The van der Waals surface area contributed by atoms with Crippen LogP contribution in [0.5, 0.6) is 0 Å². The van der Waals surface area contributed by atoms with Crippen molar-refractivity contribution in [3.8, 4) is 0 Å². The number of benzene rings is 2. The number of aromatic nitrogens is 3. The van der Waals surface area contributed by atoms with Crippen molar-refractivity contribution in [1.29, 1.82) is 5.41 Å². The third-order valence-corrected chi connectivity index (χ3v) is 7.24. The van der Waals surface area contributed by atoms with E-state index in [0.717, 1.165) is 30.5 Å². The van der Waals surface area contributed by atoms with E-state index in [2.05, 4.69) is 64.1 Å². The van der Waals surface area contributed by atoms with Gasteiger partial charge in [-0.25, -0.2) is 4.98 Å². The monoisotopic (exact) mass is 454 g/mol. The normalized spacial score (nSPS) is 17.0. The van der Waals surface area contributed by atoms with Gasteiger partial charge in [-0.2, -0.15) is 0 Å². The molecule has 0 bridgehead atoms. The predicted molar refractivity (Wildman–Crippen MR) is 138 cm³/mol. The number of hydrogen-bond donors (Lipinski definition) is 3. The Labute approximate surface area is 198 Å². The minimum atomic E-state index is 0.207. The molecule has 2 aromatic heterocycles. The fraction of sp³-hybridized carbons (Fsp3) is 0.333. The fourth-order valence-corrected chi connectivity index (χ4v) is 5.42. The van der Waals surface area contributed by atoms with Crippen molar-refractivity contribution >= 4 is 39.0 Å². The van der Waals surface area contributed by atoms with Crippen molar-refractivity contribution in [2.24, 2.45) is 7.05 Å². The summed E-state index contributed by atoms with van der Waals surface area (Å²) in [7, 11) is 2.06. The Kier molecular flexibility index (Phi) is 5.05. The first-order valence-corrected chi connectivity index (χ1v) is 12.1. The molecule has 4 heterocycles. The molecule has 4 aromatic rings. The molecule has 2 aliphatic heterocycles. The molecule has 0 atom stereocenters. The zero-order chi connectivity index (χ0) is 23.2. The highest BCUT2D eigenvalue weighted by Gasteiger charge is 2.30. The average Bonchev–Trinajstić information content (AvgIpc) is 3.51. The van der Waals surface area contributed by atoms with E-state index in [9.17, 15) is 5.11 Å². The molecule has 7 heteroatoms. The predicted octanol–water partition coefficient (Wildman–Crippen LogP) is 4.85. The Morgan fingerprint density at radius 2 is 1.91 bits per heavy atom. The van der Waals surface area contributed by atoms with E-state index in [1.54, 1.807) is 0 Å². The van der Waals surface area contributed by atoms with E-state index in [-0.39, 0.29) is 5.76 Å². The van der Waals surface area contributed by atoms with Crippen LogP contribution in [0.4, 0.5) is 5.69 Å². The number of amidine groups is 1. The molecule has 2 aliphatic rings. The Hall–Kier alpha value is -3.74. The molecule has 34 heavy (non-hydrogen) atoms. The third kappa shape index (κ3) is 3.52. The van der Waals surface area contributed by atoms with Gasteiger partial charge in [0.15, 0.2) is 0 Å². The Morgan fingerprint density at radius 1 is 1.09 bits per heavy atom. The van der Waals surface area contributed by atoms with Crippen molar-refractivity contribution in [3.05, 3.63) is 65.8 Å². The SMILES string of the molecule is Cn1cc(CCN2CC(O)=C(c3nc4ccc(N5CCCCC5)cc4[nH]3)C2=N)c2ccccc21. The number of nitrogens with zero attached hydrogens (tertiary/aromatic N) is 4. The van der Waals surface area contributed by atoms with Crippen LogP contribution >= 0.6 is 0 Å². The van der Waals surface area contributed by atoms with Crippen LogP contribution in [0.2, 0.25) is 0 Å². The van der Waals surface area contributed by atoms with Gasteiger partial charge >= 0.3 is 0 Å². The fourth-order valence-electron chi connectivity index (χ4n) is 5.42. The lowest BCUT2D eigenvalue weighted by Gasteiger charge is -2.28. The van der Waals surface area contributed by atoms with Crippen molar-refractivity contribution in [2.45, 2.75) is 25.7 Å². The van der Waals surface area contributed by atoms with Gasteiger partial charge in [0, 0.05) is 49.5 Å². The molecule has 0 saturated carbocycles. The number of rotatable bonds is 5. The molecule has 0 aliphatic carbocycles. The highest BCUT2D eigenvalue weighted by molar-refractivity contribution is 6.23. The van der Waals surface area contributed by atoms with Crippen molar-refractivity contribution in [1.82, 2.24) is 19.4 Å². The maximum atomic E-state index is 10.8. The second-order valence-electron chi connectivity index (χ2n) is 9.46. The quantitative estimate of drug-likeness (QED) is 0.403. The average molecular weight is 455 g/mol. The minimum Gasteiger partial charge on any atom is -0.510 e. The zero-order valence-electron chi connectivity index (χ0n) is 19.5. The number of anilines is 1. The van der Waals surface area contributed by atoms with E-state index in [1.807, 2.05) is 11.0 Å². The Morgan fingerprint density at radius 3 is 2.76 bits per heavy atom. The lowest BCUT2D eigenvalue weighted by Crippen LogP contribution is -2.29. The number of para-hydroxylation sites is 1. The standard InChI is InChI=1S/C27H30N6O/c1-31-16-18(20-7-3-4-8-23(20)31)11-14-33-17-24(34)25(26(33)28)27-29-21-10-9-19(15-22(21)30-27)32-12-5-2-6-13-32/h3-4,7-10,15-16,28,34H,2,5-6,11-14,17H2,1H3,(H,29,30). The summed E-state index contributed by atoms with van der Waals surface area (Å²) in [6.45, 7) is 3.19. The molecule has 6 rings (SSSR count). The summed E-state index contributed by atoms with van der Waals surface area (Å²) in [5.41, 5.74) is 5.99. The van der Waals surface area contributed by atoms with E-state index < -0.39 is 0 Å². The molecule has 3 N–H and O–H groups in total. The maximum Gasteiger partial charge on any atom is 0.145 e. The molecule has 0 radical (unpaired) electrons. The first-order chi connectivity index (χ1) is 16.6. The lowest BCUT2D eigenvalue weighted by atomic mass is 10.1. The molecular formula is C27H30N6O. The Bertz CT molecular complexity index is 1420. The second-order valence-corrected chi connectivity index (χ2v) is 9.46. The van der Waals surface area contributed by atoms with Crippen molar-refractivity contribution in [3.63, 3.8) is 0 Å². The number of aryl methyl sites for hydroxylation is 1. The van der Waals surface area contributed by atoms with Crippen LogP contribution in [-0.2, 0) is 13.5 Å². The number of nitrogens with one attached hydrogen (secondary N) is 2. The zero-order valence-corrected chi connectivity index (χ0v) is 19.5. The van der Waals surface area contributed by atoms with Gasteiger partial charge in [0.1, 0.15) is 17.4 Å². The number of hydrogen-bond acceptors (Lipinski definition) is 4. The van der Waals surface area contributed by atoms with Crippen LogP contribution in [0.3, 0.4) is 0 Å². The van der Waals surface area contributed by atoms with Gasteiger partial charge in [-0.3, -0.25) is 5.41 Å². The van der Waals surface area contributed by atoms with Gasteiger partial charge in [-0.15, -0.1) is 0 Å². The summed E-state index contributed by atoms with van der Waals surface area (Å²) in [6, 6.07) is 14.7. The lowest BCUT2D eigenvalue weighted by molar-refractivity contribution is 0.351. The molecule has 1 saturated heterocycles. The summed E-state index contributed by atoms with van der Waals surface area (Å²) < 4.78 is 2.15. The van der Waals surface area contributed by atoms with E-state index in [0.29, 0.717) is 30.3 Å². The van der Waals surface area contributed by atoms with Gasteiger partial charge in [-0.05, 0) is 55.5 Å². The summed E-state index contributed by atoms with van der Waals surface area (Å²) in [5, 5.41) is 20.8. The highest BCUT2D eigenvalue weighted by Crippen LogP contribution is 2.30. The van der Waals surface area contributed by atoms with Crippen molar-refractivity contribution < 1.29 is 5.11 Å². The topological polar surface area (TPSA) is 84.2 Å². The van der Waals surface area contributed by atoms with Gasteiger partial charge in [0.05, 0.1) is 23.2 Å². The summed E-state index contributed by atoms with van der Waals surface area (Å²) >= 11 is 0. The molecule has 174 valence electrons. The number of aliphatic hydroxyl groups excluding tert-OH is 1. The van der Waals surface area contributed by atoms with Gasteiger partial charge in [0.25, 0.3) is 0 Å². The maximum absolute atomic E-state index is 10.8. The van der Waals surface area contributed by atoms with E-state index >= 15 is 0 Å². The van der Waals surface area contributed by atoms with Crippen LogP contribution in [0.15, 0.2) is 54.4 Å². The number of aliphatic hydroxyl groups is 1.